The SMILES string of the molecule is Nc1ccn([C@@H]2O[C@H](CO)[C@H](O)[C@H]2OF)c(=O)n1. The maximum atomic E-state index is 12.4. The van der Waals surface area contributed by atoms with Crippen LogP contribution in [0.4, 0.5) is 10.3 Å². The molecule has 2 heterocycles. The minimum atomic E-state index is -1.43. The molecule has 1 aromatic rings. The van der Waals surface area contributed by atoms with Crippen LogP contribution >= 0.6 is 0 Å². The van der Waals surface area contributed by atoms with E-state index in [0.29, 0.717) is 0 Å². The molecule has 1 fully saturated rings. The summed E-state index contributed by atoms with van der Waals surface area (Å²) in [5.74, 6) is 0.00576. The first-order valence-corrected chi connectivity index (χ1v) is 5.15. The minimum Gasteiger partial charge on any atom is -0.394 e. The maximum absolute atomic E-state index is 12.4. The van der Waals surface area contributed by atoms with Gasteiger partial charge in [-0.05, 0) is 10.6 Å². The van der Waals surface area contributed by atoms with Gasteiger partial charge >= 0.3 is 5.69 Å². The molecule has 2 rings (SSSR count). The second-order valence-corrected chi connectivity index (χ2v) is 3.83. The first kappa shape index (κ1) is 12.9. The summed E-state index contributed by atoms with van der Waals surface area (Å²) in [4.78, 5) is 18.6. The zero-order valence-corrected chi connectivity index (χ0v) is 9.14. The third-order valence-electron chi connectivity index (χ3n) is 2.72. The van der Waals surface area contributed by atoms with E-state index in [4.69, 9.17) is 15.6 Å². The number of anilines is 1. The fourth-order valence-corrected chi connectivity index (χ4v) is 1.81. The smallest absolute Gasteiger partial charge is 0.351 e. The number of hydrogen-bond donors (Lipinski definition) is 3. The molecule has 1 aromatic heterocycles. The van der Waals surface area contributed by atoms with Crippen LogP contribution in [0.2, 0.25) is 0 Å². The molecule has 4 N–H and O–H groups in total. The van der Waals surface area contributed by atoms with Crippen molar-refractivity contribution in [1.29, 1.82) is 0 Å². The summed E-state index contributed by atoms with van der Waals surface area (Å²) in [5.41, 5.74) is 4.54. The molecule has 100 valence electrons. The standard InChI is InChI=1S/C9H12FN3O5/c10-18-7-6(15)4(3-14)17-8(7)13-2-1-5(11)12-9(13)16/h1-2,4,6-8,14-15H,3H2,(H2,11,12,16)/t4-,6+,7-,8-/m1/s1. The molecule has 18 heavy (non-hydrogen) atoms. The number of halogens is 1. The van der Waals surface area contributed by atoms with E-state index in [0.717, 1.165) is 4.57 Å². The van der Waals surface area contributed by atoms with Gasteiger partial charge in [-0.1, -0.05) is 0 Å². The van der Waals surface area contributed by atoms with Gasteiger partial charge in [0.1, 0.15) is 18.0 Å². The Morgan fingerprint density at radius 3 is 2.94 bits per heavy atom. The highest BCUT2D eigenvalue weighted by molar-refractivity contribution is 5.23. The quantitative estimate of drug-likeness (QED) is 0.596. The molecule has 0 aliphatic carbocycles. The van der Waals surface area contributed by atoms with Crippen LogP contribution in [-0.2, 0) is 9.68 Å². The normalized spacial score (nSPS) is 31.7. The highest BCUT2D eigenvalue weighted by Crippen LogP contribution is 2.30. The summed E-state index contributed by atoms with van der Waals surface area (Å²) < 4.78 is 18.5. The zero-order valence-electron chi connectivity index (χ0n) is 9.14. The molecule has 9 heteroatoms. The van der Waals surface area contributed by atoms with Crippen molar-refractivity contribution in [3.63, 3.8) is 0 Å². The lowest BCUT2D eigenvalue weighted by molar-refractivity contribution is -0.221. The van der Waals surface area contributed by atoms with Crippen LogP contribution in [0.5, 0.6) is 0 Å². The lowest BCUT2D eigenvalue weighted by atomic mass is 10.1. The van der Waals surface area contributed by atoms with Gasteiger partial charge in [-0.25, -0.2) is 4.79 Å². The molecular formula is C9H12FN3O5. The van der Waals surface area contributed by atoms with Gasteiger partial charge in [0.15, 0.2) is 12.3 Å². The molecule has 4 atom stereocenters. The molecular weight excluding hydrogens is 249 g/mol. The van der Waals surface area contributed by atoms with Gasteiger partial charge in [-0.2, -0.15) is 9.93 Å². The minimum absolute atomic E-state index is 0.00576. The molecule has 0 radical (unpaired) electrons. The molecule has 0 saturated carbocycles. The van der Waals surface area contributed by atoms with E-state index < -0.39 is 36.8 Å². The monoisotopic (exact) mass is 261 g/mol. The van der Waals surface area contributed by atoms with Crippen molar-refractivity contribution in [2.24, 2.45) is 0 Å². The average Bonchev–Trinajstić information content (AvgIpc) is 2.65. The van der Waals surface area contributed by atoms with Gasteiger partial charge in [-0.15, -0.1) is 0 Å². The van der Waals surface area contributed by atoms with Crippen LogP contribution in [0.15, 0.2) is 17.1 Å². The summed E-state index contributed by atoms with van der Waals surface area (Å²) in [6.45, 7) is -0.533. The number of aliphatic hydroxyl groups excluding tert-OH is 2. The maximum Gasteiger partial charge on any atom is 0.351 e. The van der Waals surface area contributed by atoms with Crippen LogP contribution in [0, 0.1) is 0 Å². The molecule has 1 aliphatic heterocycles. The van der Waals surface area contributed by atoms with Crippen LogP contribution in [0.3, 0.4) is 0 Å². The number of nitrogens with zero attached hydrogens (tertiary/aromatic N) is 2. The highest BCUT2D eigenvalue weighted by atomic mass is 19.3. The van der Waals surface area contributed by atoms with Gasteiger partial charge < -0.3 is 20.7 Å². The lowest BCUT2D eigenvalue weighted by Crippen LogP contribution is -2.36. The van der Waals surface area contributed by atoms with Crippen LogP contribution < -0.4 is 11.4 Å². The highest BCUT2D eigenvalue weighted by Gasteiger charge is 2.46. The first-order chi connectivity index (χ1) is 8.58. The van der Waals surface area contributed by atoms with E-state index in [1.807, 2.05) is 0 Å². The Morgan fingerprint density at radius 2 is 2.39 bits per heavy atom. The number of nitrogen functional groups attached to an aromatic ring is 1. The molecule has 0 amide bonds. The summed E-state index contributed by atoms with van der Waals surface area (Å²) >= 11 is 0. The third-order valence-corrected chi connectivity index (χ3v) is 2.72. The fourth-order valence-electron chi connectivity index (χ4n) is 1.81. The number of nitrogens with two attached hydrogens (primary N) is 1. The summed E-state index contributed by atoms with van der Waals surface area (Å²) in [6, 6.07) is 1.32. The average molecular weight is 261 g/mol. The van der Waals surface area contributed by atoms with Crippen molar-refractivity contribution >= 4 is 5.82 Å². The summed E-state index contributed by atoms with van der Waals surface area (Å²) in [5, 5.41) is 18.6. The van der Waals surface area contributed by atoms with E-state index in [1.54, 1.807) is 0 Å². The predicted molar refractivity (Wildman–Crippen MR) is 55.9 cm³/mol. The Balaban J connectivity index is 2.35. The number of hydrogen-bond acceptors (Lipinski definition) is 7. The number of rotatable bonds is 3. The first-order valence-electron chi connectivity index (χ1n) is 5.15. The predicted octanol–water partition coefficient (Wildman–Crippen LogP) is -1.65. The fraction of sp³-hybridized carbons (Fsp3) is 0.556. The van der Waals surface area contributed by atoms with Crippen molar-refractivity contribution < 1.29 is 24.4 Å². The lowest BCUT2D eigenvalue weighted by Gasteiger charge is -2.17. The van der Waals surface area contributed by atoms with E-state index in [-0.39, 0.29) is 5.82 Å². The van der Waals surface area contributed by atoms with Crippen molar-refractivity contribution in [3.05, 3.63) is 22.7 Å². The van der Waals surface area contributed by atoms with Crippen LogP contribution in [0.25, 0.3) is 0 Å². The zero-order chi connectivity index (χ0) is 13.3. The molecule has 0 unspecified atom stereocenters. The second kappa shape index (κ2) is 4.98. The van der Waals surface area contributed by atoms with Gasteiger partial charge in [0.05, 0.1) is 6.61 Å². The molecule has 1 aliphatic rings. The van der Waals surface area contributed by atoms with E-state index in [9.17, 15) is 14.4 Å². The Kier molecular flexibility index (Phi) is 3.57. The van der Waals surface area contributed by atoms with Crippen LogP contribution in [-0.4, -0.2) is 44.7 Å². The number of aliphatic hydroxyl groups is 2. The Labute approximate surface area is 100 Å². The van der Waals surface area contributed by atoms with E-state index >= 15 is 0 Å². The molecule has 1 saturated heterocycles. The molecule has 0 bridgehead atoms. The van der Waals surface area contributed by atoms with Crippen molar-refractivity contribution in [2.45, 2.75) is 24.5 Å². The van der Waals surface area contributed by atoms with E-state index in [2.05, 4.69) is 9.93 Å². The Morgan fingerprint density at radius 1 is 1.67 bits per heavy atom. The van der Waals surface area contributed by atoms with Gasteiger partial charge in [0.2, 0.25) is 0 Å². The molecule has 0 aromatic carbocycles. The Bertz CT molecular complexity index is 482. The summed E-state index contributed by atoms with van der Waals surface area (Å²) in [6.07, 6.45) is -3.84. The van der Waals surface area contributed by atoms with Crippen molar-refractivity contribution in [2.75, 3.05) is 12.3 Å². The third kappa shape index (κ3) is 2.08. The van der Waals surface area contributed by atoms with Gasteiger partial charge in [0, 0.05) is 6.20 Å². The summed E-state index contributed by atoms with van der Waals surface area (Å²) in [7, 11) is 0. The molecule has 0 spiro atoms. The topological polar surface area (TPSA) is 120 Å². The number of ether oxygens (including phenoxy) is 1. The van der Waals surface area contributed by atoms with Crippen molar-refractivity contribution in [1.82, 2.24) is 9.55 Å². The van der Waals surface area contributed by atoms with Crippen molar-refractivity contribution in [3.8, 4) is 0 Å². The van der Waals surface area contributed by atoms with Crippen LogP contribution in [0.1, 0.15) is 6.23 Å². The largest absolute Gasteiger partial charge is 0.394 e. The Hall–Kier alpha value is -1.55. The number of aromatic nitrogens is 2. The van der Waals surface area contributed by atoms with Gasteiger partial charge in [-0.3, -0.25) is 4.57 Å². The van der Waals surface area contributed by atoms with E-state index in [1.165, 1.54) is 12.3 Å². The molecule has 8 nitrogen and oxygen atoms in total. The van der Waals surface area contributed by atoms with Gasteiger partial charge in [0.25, 0.3) is 0 Å². The second-order valence-electron chi connectivity index (χ2n) is 3.83.